The average molecular weight is 406 g/mol. The number of sulfonamides is 1. The highest BCUT2D eigenvalue weighted by atomic mass is 35.5. The van der Waals surface area contributed by atoms with E-state index >= 15 is 0 Å². The topological polar surface area (TPSA) is 90.4 Å². The lowest BCUT2D eigenvalue weighted by atomic mass is 10.3. The largest absolute Gasteiger partial charge is 0.490 e. The van der Waals surface area contributed by atoms with Crippen molar-refractivity contribution in [1.82, 2.24) is 9.97 Å². The van der Waals surface area contributed by atoms with Gasteiger partial charge in [0, 0.05) is 17.4 Å². The molecule has 3 aromatic rings. The zero-order chi connectivity index (χ0) is 19.1. The van der Waals surface area contributed by atoms with E-state index in [1.54, 1.807) is 0 Å². The summed E-state index contributed by atoms with van der Waals surface area (Å²) in [5.74, 6) is 0.766. The molecular weight excluding hydrogens is 390 g/mol. The predicted octanol–water partition coefficient (Wildman–Crippen LogP) is 3.39. The van der Waals surface area contributed by atoms with Crippen LogP contribution < -0.4 is 14.2 Å². The molecule has 3 rings (SSSR count). The Labute approximate surface area is 162 Å². The van der Waals surface area contributed by atoms with Crippen molar-refractivity contribution in [1.29, 1.82) is 0 Å². The zero-order valence-corrected chi connectivity index (χ0v) is 15.7. The maximum absolute atomic E-state index is 12.5. The number of hydrogen-bond acceptors (Lipinski definition) is 6. The Morgan fingerprint density at radius 2 is 1.56 bits per heavy atom. The second-order valence-corrected chi connectivity index (χ2v) is 7.40. The van der Waals surface area contributed by atoms with E-state index in [4.69, 9.17) is 21.1 Å². The van der Waals surface area contributed by atoms with Crippen LogP contribution in [-0.4, -0.2) is 31.6 Å². The lowest BCUT2D eigenvalue weighted by molar-refractivity contribution is 0.212. The van der Waals surface area contributed by atoms with E-state index in [-0.39, 0.29) is 29.8 Å². The molecule has 0 amide bonds. The molecular formula is C18H16ClN3O4S. The number of benzene rings is 2. The fourth-order valence-electron chi connectivity index (χ4n) is 2.12. The van der Waals surface area contributed by atoms with Crippen molar-refractivity contribution < 1.29 is 17.9 Å². The number of halogens is 1. The molecule has 140 valence electrons. The first-order valence-corrected chi connectivity index (χ1v) is 9.81. The monoisotopic (exact) mass is 405 g/mol. The summed E-state index contributed by atoms with van der Waals surface area (Å²) in [4.78, 5) is 8.08. The van der Waals surface area contributed by atoms with E-state index in [9.17, 15) is 8.42 Å². The number of nitrogens with one attached hydrogen (secondary N) is 1. The minimum atomic E-state index is -3.85. The molecule has 2 aromatic carbocycles. The number of aromatic nitrogens is 2. The molecule has 0 saturated heterocycles. The lowest BCUT2D eigenvalue weighted by Gasteiger charge is -2.12. The highest BCUT2D eigenvalue weighted by Gasteiger charge is 2.18. The van der Waals surface area contributed by atoms with Crippen LogP contribution in [0.2, 0.25) is 5.02 Å². The summed E-state index contributed by atoms with van der Waals surface area (Å²) in [6.07, 6.45) is 2.78. The van der Waals surface area contributed by atoms with Crippen LogP contribution in [-0.2, 0) is 10.0 Å². The number of nitrogens with zero attached hydrogens (tertiary/aromatic N) is 2. The van der Waals surface area contributed by atoms with Gasteiger partial charge in [-0.05, 0) is 36.4 Å². The van der Waals surface area contributed by atoms with Crippen LogP contribution >= 0.6 is 11.6 Å². The van der Waals surface area contributed by atoms with Crippen LogP contribution in [0.25, 0.3) is 0 Å². The fourth-order valence-corrected chi connectivity index (χ4v) is 3.25. The summed E-state index contributed by atoms with van der Waals surface area (Å²) in [5.41, 5.74) is 0. The van der Waals surface area contributed by atoms with Gasteiger partial charge in [-0.25, -0.2) is 18.4 Å². The molecule has 1 heterocycles. The van der Waals surface area contributed by atoms with Crippen molar-refractivity contribution in [2.45, 2.75) is 4.90 Å². The van der Waals surface area contributed by atoms with Crippen molar-refractivity contribution in [3.8, 4) is 11.6 Å². The minimum Gasteiger partial charge on any atom is -0.490 e. The second-order valence-electron chi connectivity index (χ2n) is 5.28. The molecule has 0 aliphatic heterocycles. The summed E-state index contributed by atoms with van der Waals surface area (Å²) >= 11 is 5.79. The third kappa shape index (κ3) is 5.32. The summed E-state index contributed by atoms with van der Waals surface area (Å²) in [6.45, 7) is 0.438. The molecule has 0 unspecified atom stereocenters. The van der Waals surface area contributed by atoms with Gasteiger partial charge >= 0.3 is 0 Å². The Morgan fingerprint density at radius 1 is 0.889 bits per heavy atom. The van der Waals surface area contributed by atoms with Crippen molar-refractivity contribution in [2.24, 2.45) is 0 Å². The van der Waals surface area contributed by atoms with Gasteiger partial charge in [0.25, 0.3) is 15.9 Å². The quantitative estimate of drug-likeness (QED) is 0.578. The smallest absolute Gasteiger partial charge is 0.263 e. The van der Waals surface area contributed by atoms with Crippen LogP contribution in [0.1, 0.15) is 0 Å². The number of hydrogen-bond donors (Lipinski definition) is 1. The molecule has 27 heavy (non-hydrogen) atoms. The molecule has 0 aliphatic rings. The first kappa shape index (κ1) is 18.9. The van der Waals surface area contributed by atoms with Gasteiger partial charge in [0.1, 0.15) is 19.0 Å². The van der Waals surface area contributed by atoms with Crippen LogP contribution in [0.4, 0.5) is 5.82 Å². The van der Waals surface area contributed by atoms with Gasteiger partial charge in [-0.15, -0.1) is 0 Å². The van der Waals surface area contributed by atoms with Gasteiger partial charge in [0.15, 0.2) is 0 Å². The summed E-state index contributed by atoms with van der Waals surface area (Å²) in [7, 11) is -3.85. The van der Waals surface area contributed by atoms with Crippen molar-refractivity contribution in [2.75, 3.05) is 17.9 Å². The Kier molecular flexibility index (Phi) is 6.10. The summed E-state index contributed by atoms with van der Waals surface area (Å²) in [5, 5.41) is 0.441. The molecule has 0 spiro atoms. The first-order chi connectivity index (χ1) is 13.0. The molecule has 7 nitrogen and oxygen atoms in total. The average Bonchev–Trinajstić information content (AvgIpc) is 2.67. The molecule has 0 atom stereocenters. The Bertz CT molecular complexity index is 983. The van der Waals surface area contributed by atoms with E-state index in [1.807, 2.05) is 30.3 Å². The molecule has 9 heteroatoms. The van der Waals surface area contributed by atoms with E-state index in [0.717, 1.165) is 0 Å². The van der Waals surface area contributed by atoms with Gasteiger partial charge in [0.05, 0.1) is 4.90 Å². The SMILES string of the molecule is O=S(=O)(Nc1nccnc1OCCOc1ccccc1)c1ccc(Cl)cc1. The van der Waals surface area contributed by atoms with Gasteiger partial charge in [-0.2, -0.15) is 0 Å². The normalized spacial score (nSPS) is 11.0. The molecule has 0 radical (unpaired) electrons. The number of ether oxygens (including phenoxy) is 2. The number of anilines is 1. The van der Waals surface area contributed by atoms with Crippen LogP contribution in [0, 0.1) is 0 Å². The van der Waals surface area contributed by atoms with E-state index < -0.39 is 10.0 Å². The fraction of sp³-hybridized carbons (Fsp3) is 0.111. The summed E-state index contributed by atoms with van der Waals surface area (Å²) < 4.78 is 38.4. The third-order valence-corrected chi connectivity index (χ3v) is 4.96. The van der Waals surface area contributed by atoms with Gasteiger partial charge in [-0.1, -0.05) is 29.8 Å². The van der Waals surface area contributed by atoms with Gasteiger partial charge in [0.2, 0.25) is 5.82 Å². The Morgan fingerprint density at radius 3 is 2.30 bits per heavy atom. The maximum Gasteiger partial charge on any atom is 0.263 e. The number of rotatable bonds is 8. The van der Waals surface area contributed by atoms with Crippen LogP contribution in [0.5, 0.6) is 11.6 Å². The molecule has 0 bridgehead atoms. The van der Waals surface area contributed by atoms with Crippen LogP contribution in [0.3, 0.4) is 0 Å². The predicted molar refractivity (Wildman–Crippen MR) is 102 cm³/mol. The zero-order valence-electron chi connectivity index (χ0n) is 14.1. The van der Waals surface area contributed by atoms with Gasteiger partial charge < -0.3 is 9.47 Å². The Hall–Kier alpha value is -2.84. The van der Waals surface area contributed by atoms with E-state index in [2.05, 4.69) is 14.7 Å². The highest BCUT2D eigenvalue weighted by Crippen LogP contribution is 2.22. The molecule has 0 fully saturated rings. The van der Waals surface area contributed by atoms with Gasteiger partial charge in [-0.3, -0.25) is 4.72 Å². The molecule has 1 N–H and O–H groups in total. The molecule has 1 aromatic heterocycles. The highest BCUT2D eigenvalue weighted by molar-refractivity contribution is 7.92. The Balaban J connectivity index is 1.64. The minimum absolute atomic E-state index is 0.00726. The maximum atomic E-state index is 12.5. The van der Waals surface area contributed by atoms with Crippen molar-refractivity contribution >= 4 is 27.4 Å². The number of para-hydroxylation sites is 1. The molecule has 0 saturated carbocycles. The van der Waals surface area contributed by atoms with Crippen molar-refractivity contribution in [3.63, 3.8) is 0 Å². The molecule has 0 aliphatic carbocycles. The van der Waals surface area contributed by atoms with Crippen molar-refractivity contribution in [3.05, 3.63) is 72.0 Å². The van der Waals surface area contributed by atoms with Crippen LogP contribution in [0.15, 0.2) is 71.9 Å². The van der Waals surface area contributed by atoms with E-state index in [1.165, 1.54) is 36.7 Å². The first-order valence-electron chi connectivity index (χ1n) is 7.95. The lowest BCUT2D eigenvalue weighted by Crippen LogP contribution is -2.16. The van der Waals surface area contributed by atoms with E-state index in [0.29, 0.717) is 10.8 Å². The second kappa shape index (κ2) is 8.70. The third-order valence-electron chi connectivity index (χ3n) is 3.35. The summed E-state index contributed by atoms with van der Waals surface area (Å²) in [6, 6.07) is 15.1. The standard InChI is InChI=1S/C18H16ClN3O4S/c19-14-6-8-16(9-7-14)27(23,24)22-17-18(21-11-10-20-17)26-13-12-25-15-4-2-1-3-5-15/h1-11H,12-13H2,(H,20,22).